The highest BCUT2D eigenvalue weighted by molar-refractivity contribution is 6.08. The van der Waals surface area contributed by atoms with Gasteiger partial charge in [-0.25, -0.2) is 8.78 Å². The van der Waals surface area contributed by atoms with Crippen molar-refractivity contribution in [1.82, 2.24) is 0 Å². The summed E-state index contributed by atoms with van der Waals surface area (Å²) in [6, 6.07) is 10.5. The molecule has 0 atom stereocenters. The lowest BCUT2D eigenvalue weighted by Gasteiger charge is -2.11. The number of benzene rings is 2. The van der Waals surface area contributed by atoms with Crippen LogP contribution in [0.1, 0.15) is 17.3 Å². The zero-order valence-electron chi connectivity index (χ0n) is 10.9. The summed E-state index contributed by atoms with van der Waals surface area (Å²) >= 11 is 0. The molecule has 0 unspecified atom stereocenters. The number of halogens is 2. The Labute approximate surface area is 115 Å². The molecule has 5 heteroatoms. The lowest BCUT2D eigenvalue weighted by atomic mass is 10.1. The van der Waals surface area contributed by atoms with Crippen LogP contribution in [0.2, 0.25) is 0 Å². The van der Waals surface area contributed by atoms with Crippen LogP contribution in [0, 0.1) is 11.6 Å². The summed E-state index contributed by atoms with van der Waals surface area (Å²) in [5.74, 6) is -2.56. The summed E-state index contributed by atoms with van der Waals surface area (Å²) in [7, 11) is 0. The van der Waals surface area contributed by atoms with Gasteiger partial charge in [0.2, 0.25) is 0 Å². The number of hydrogen-bond donors (Lipinski definition) is 2. The van der Waals surface area contributed by atoms with Crippen LogP contribution in [0.3, 0.4) is 0 Å². The van der Waals surface area contributed by atoms with Gasteiger partial charge in [0.15, 0.2) is 11.6 Å². The van der Waals surface area contributed by atoms with E-state index >= 15 is 0 Å². The quantitative estimate of drug-likeness (QED) is 0.895. The van der Waals surface area contributed by atoms with Crippen LogP contribution in [0.4, 0.5) is 20.2 Å². The van der Waals surface area contributed by atoms with Crippen LogP contribution in [-0.4, -0.2) is 12.5 Å². The van der Waals surface area contributed by atoms with Crippen LogP contribution in [0.25, 0.3) is 0 Å². The van der Waals surface area contributed by atoms with Gasteiger partial charge in [-0.2, -0.15) is 0 Å². The van der Waals surface area contributed by atoms with Gasteiger partial charge in [0.25, 0.3) is 5.91 Å². The predicted octanol–water partition coefficient (Wildman–Crippen LogP) is 3.65. The topological polar surface area (TPSA) is 41.1 Å². The van der Waals surface area contributed by atoms with E-state index in [2.05, 4.69) is 10.6 Å². The third-order valence-corrected chi connectivity index (χ3v) is 2.74. The summed E-state index contributed by atoms with van der Waals surface area (Å²) in [6.45, 7) is 2.56. The number of amides is 1. The standard InChI is InChI=1S/C15H14F2N2O/c1-2-18-12-8-4-3-6-10(12)15(20)19-13-9-5-7-11(16)14(13)17/h3-9,18H,2H2,1H3,(H,19,20). The smallest absolute Gasteiger partial charge is 0.257 e. The first kappa shape index (κ1) is 14.0. The third kappa shape index (κ3) is 2.93. The van der Waals surface area contributed by atoms with Crippen LogP contribution in [0.5, 0.6) is 0 Å². The molecule has 0 aliphatic heterocycles. The lowest BCUT2D eigenvalue weighted by Crippen LogP contribution is -2.15. The minimum Gasteiger partial charge on any atom is -0.385 e. The molecule has 1 amide bonds. The maximum absolute atomic E-state index is 13.5. The average Bonchev–Trinajstić information content (AvgIpc) is 2.45. The fraction of sp³-hybridized carbons (Fsp3) is 0.133. The molecule has 0 aliphatic carbocycles. The molecule has 0 spiro atoms. The molecule has 0 aliphatic rings. The molecule has 2 rings (SSSR count). The Hall–Kier alpha value is -2.43. The van der Waals surface area contributed by atoms with E-state index in [4.69, 9.17) is 0 Å². The molecule has 0 heterocycles. The number of nitrogens with one attached hydrogen (secondary N) is 2. The average molecular weight is 276 g/mol. The fourth-order valence-electron chi connectivity index (χ4n) is 1.82. The van der Waals surface area contributed by atoms with Crippen LogP contribution >= 0.6 is 0 Å². The molecule has 2 aromatic carbocycles. The number of anilines is 2. The minimum atomic E-state index is -1.07. The second-order valence-electron chi connectivity index (χ2n) is 4.13. The van der Waals surface area contributed by atoms with Gasteiger partial charge in [0.1, 0.15) is 0 Å². The Bertz CT molecular complexity index is 629. The number of para-hydroxylation sites is 1. The molecular formula is C15H14F2N2O. The third-order valence-electron chi connectivity index (χ3n) is 2.74. The highest BCUT2D eigenvalue weighted by atomic mass is 19.2. The number of hydrogen-bond acceptors (Lipinski definition) is 2. The first-order valence-corrected chi connectivity index (χ1v) is 6.21. The lowest BCUT2D eigenvalue weighted by molar-refractivity contribution is 0.102. The van der Waals surface area contributed by atoms with Crippen molar-refractivity contribution in [2.75, 3.05) is 17.2 Å². The Kier molecular flexibility index (Phi) is 4.30. The summed E-state index contributed by atoms with van der Waals surface area (Å²) in [5, 5.41) is 5.41. The molecule has 2 N–H and O–H groups in total. The van der Waals surface area contributed by atoms with E-state index in [1.807, 2.05) is 6.92 Å². The van der Waals surface area contributed by atoms with Crippen LogP contribution in [0.15, 0.2) is 42.5 Å². The monoisotopic (exact) mass is 276 g/mol. The zero-order valence-corrected chi connectivity index (χ0v) is 10.9. The Morgan fingerprint density at radius 2 is 1.75 bits per heavy atom. The molecule has 0 saturated carbocycles. The summed E-state index contributed by atoms with van der Waals surface area (Å²) in [6.07, 6.45) is 0. The molecule has 0 aromatic heterocycles. The van der Waals surface area contributed by atoms with Crippen molar-refractivity contribution in [3.63, 3.8) is 0 Å². The van der Waals surface area contributed by atoms with Gasteiger partial charge in [-0.05, 0) is 31.2 Å². The maximum atomic E-state index is 13.5. The molecule has 3 nitrogen and oxygen atoms in total. The van der Waals surface area contributed by atoms with Crippen LogP contribution in [-0.2, 0) is 0 Å². The molecule has 0 bridgehead atoms. The predicted molar refractivity (Wildman–Crippen MR) is 74.9 cm³/mol. The van der Waals surface area contributed by atoms with Gasteiger partial charge in [-0.3, -0.25) is 4.79 Å². The SMILES string of the molecule is CCNc1ccccc1C(=O)Nc1cccc(F)c1F. The van der Waals surface area contributed by atoms with Gasteiger partial charge in [-0.1, -0.05) is 18.2 Å². The van der Waals surface area contributed by atoms with E-state index in [9.17, 15) is 13.6 Å². The number of rotatable bonds is 4. The van der Waals surface area contributed by atoms with Crippen molar-refractivity contribution in [2.45, 2.75) is 6.92 Å². The molecule has 0 saturated heterocycles. The van der Waals surface area contributed by atoms with E-state index in [1.54, 1.807) is 24.3 Å². The van der Waals surface area contributed by atoms with Crippen molar-refractivity contribution in [2.24, 2.45) is 0 Å². The molecule has 0 radical (unpaired) electrons. The molecular weight excluding hydrogens is 262 g/mol. The number of carbonyl (C=O) groups excluding carboxylic acids is 1. The molecule has 2 aromatic rings. The Morgan fingerprint density at radius 3 is 2.50 bits per heavy atom. The van der Waals surface area contributed by atoms with E-state index in [-0.39, 0.29) is 5.69 Å². The largest absolute Gasteiger partial charge is 0.385 e. The molecule has 0 fully saturated rings. The fourth-order valence-corrected chi connectivity index (χ4v) is 1.82. The minimum absolute atomic E-state index is 0.179. The van der Waals surface area contributed by atoms with Gasteiger partial charge in [-0.15, -0.1) is 0 Å². The Balaban J connectivity index is 2.26. The summed E-state index contributed by atoms with van der Waals surface area (Å²) in [5.41, 5.74) is 0.837. The van der Waals surface area contributed by atoms with E-state index < -0.39 is 17.5 Å². The van der Waals surface area contributed by atoms with Crippen molar-refractivity contribution in [1.29, 1.82) is 0 Å². The molecule has 20 heavy (non-hydrogen) atoms. The van der Waals surface area contributed by atoms with Crippen molar-refractivity contribution >= 4 is 17.3 Å². The van der Waals surface area contributed by atoms with Crippen molar-refractivity contribution < 1.29 is 13.6 Å². The maximum Gasteiger partial charge on any atom is 0.257 e. The zero-order chi connectivity index (χ0) is 14.5. The van der Waals surface area contributed by atoms with Gasteiger partial charge in [0, 0.05) is 12.2 Å². The Morgan fingerprint density at radius 1 is 1.05 bits per heavy atom. The molecule has 104 valence electrons. The van der Waals surface area contributed by atoms with E-state index in [1.165, 1.54) is 12.1 Å². The normalized spacial score (nSPS) is 10.2. The summed E-state index contributed by atoms with van der Waals surface area (Å²) in [4.78, 5) is 12.1. The van der Waals surface area contributed by atoms with E-state index in [0.29, 0.717) is 17.8 Å². The van der Waals surface area contributed by atoms with Crippen molar-refractivity contribution in [3.8, 4) is 0 Å². The summed E-state index contributed by atoms with van der Waals surface area (Å²) < 4.78 is 26.6. The first-order valence-electron chi connectivity index (χ1n) is 6.21. The van der Waals surface area contributed by atoms with Gasteiger partial charge in [0.05, 0.1) is 11.3 Å². The highest BCUT2D eigenvalue weighted by Gasteiger charge is 2.14. The van der Waals surface area contributed by atoms with Crippen molar-refractivity contribution in [3.05, 3.63) is 59.7 Å². The van der Waals surface area contributed by atoms with Gasteiger partial charge < -0.3 is 10.6 Å². The van der Waals surface area contributed by atoms with Gasteiger partial charge >= 0.3 is 0 Å². The first-order chi connectivity index (χ1) is 9.63. The number of carbonyl (C=O) groups is 1. The second kappa shape index (κ2) is 6.14. The highest BCUT2D eigenvalue weighted by Crippen LogP contribution is 2.20. The van der Waals surface area contributed by atoms with Crippen LogP contribution < -0.4 is 10.6 Å². The van der Waals surface area contributed by atoms with E-state index in [0.717, 1.165) is 6.07 Å². The second-order valence-corrected chi connectivity index (χ2v) is 4.13.